The highest BCUT2D eigenvalue weighted by Crippen LogP contribution is 2.16. The summed E-state index contributed by atoms with van der Waals surface area (Å²) < 4.78 is 0. The van der Waals surface area contributed by atoms with Gasteiger partial charge in [0.1, 0.15) is 0 Å². The third kappa shape index (κ3) is 13.0. The summed E-state index contributed by atoms with van der Waals surface area (Å²) in [5.74, 6) is 0. The predicted molar refractivity (Wildman–Crippen MR) is 91.7 cm³/mol. The number of hydrogen-bond donors (Lipinski definition) is 0. The largest absolute Gasteiger partial charge is 0.0533 e. The molecule has 0 saturated heterocycles. The van der Waals surface area contributed by atoms with Gasteiger partial charge in [0.2, 0.25) is 0 Å². The van der Waals surface area contributed by atoms with E-state index in [4.69, 9.17) is 0 Å². The molecule has 0 bridgehead atoms. The molecule has 0 aromatic heterocycles. The van der Waals surface area contributed by atoms with Crippen LogP contribution in [0.2, 0.25) is 0 Å². The van der Waals surface area contributed by atoms with Crippen LogP contribution in [0, 0.1) is 12.8 Å². The maximum Gasteiger partial charge on any atom is -0.0386 e. The molecule has 0 nitrogen and oxygen atoms in total. The first-order valence-corrected chi connectivity index (χ1v) is 9.63. The zero-order chi connectivity index (χ0) is 14.1. The minimum Gasteiger partial charge on any atom is -0.0533 e. The molecule has 0 aliphatic heterocycles. The SMILES string of the molecule is [CH]1CCCC[CH]CCCCCCCCCCCCCC1. The minimum absolute atomic E-state index is 1.36. The lowest BCUT2D eigenvalue weighted by atomic mass is 10.0. The molecule has 1 rings (SSSR count). The Bertz CT molecular complexity index is 86.4. The molecule has 1 fully saturated rings. The lowest BCUT2D eigenvalue weighted by Gasteiger charge is -2.05. The Morgan fingerprint density at radius 2 is 0.450 bits per heavy atom. The first kappa shape index (κ1) is 18.1. The van der Waals surface area contributed by atoms with Crippen LogP contribution in [0.15, 0.2) is 0 Å². The molecule has 2 radical (unpaired) electrons. The van der Waals surface area contributed by atoms with E-state index >= 15 is 0 Å². The second kappa shape index (κ2) is 15.4. The zero-order valence-corrected chi connectivity index (χ0v) is 13.9. The van der Waals surface area contributed by atoms with E-state index in [1.54, 1.807) is 0 Å². The van der Waals surface area contributed by atoms with Crippen molar-refractivity contribution in [3.05, 3.63) is 12.8 Å². The maximum atomic E-state index is 2.54. The van der Waals surface area contributed by atoms with E-state index in [1.165, 1.54) is 116 Å². The van der Waals surface area contributed by atoms with Gasteiger partial charge in [0, 0.05) is 0 Å². The summed E-state index contributed by atoms with van der Waals surface area (Å²) in [6.45, 7) is 0. The van der Waals surface area contributed by atoms with E-state index in [0.717, 1.165) is 0 Å². The first-order valence-electron chi connectivity index (χ1n) is 9.63. The van der Waals surface area contributed by atoms with Crippen LogP contribution in [0.25, 0.3) is 0 Å². The maximum absolute atomic E-state index is 2.54. The fraction of sp³-hybridized carbons (Fsp3) is 0.900. The summed E-state index contributed by atoms with van der Waals surface area (Å²) in [5, 5.41) is 0. The highest BCUT2D eigenvalue weighted by Gasteiger charge is 1.97. The minimum atomic E-state index is 1.36. The van der Waals surface area contributed by atoms with Gasteiger partial charge in [-0.15, -0.1) is 0 Å². The monoisotopic (exact) mass is 278 g/mol. The molecule has 0 aromatic rings. The fourth-order valence-electron chi connectivity index (χ4n) is 3.21. The third-order valence-electron chi connectivity index (χ3n) is 4.63. The van der Waals surface area contributed by atoms with Crippen LogP contribution in [-0.4, -0.2) is 0 Å². The molecule has 0 N–H and O–H groups in total. The average molecular weight is 279 g/mol. The van der Waals surface area contributed by atoms with Crippen LogP contribution in [0.1, 0.15) is 116 Å². The summed E-state index contributed by atoms with van der Waals surface area (Å²) in [7, 11) is 0. The summed E-state index contributed by atoms with van der Waals surface area (Å²) >= 11 is 0. The van der Waals surface area contributed by atoms with Crippen LogP contribution in [0.5, 0.6) is 0 Å². The molecule has 0 heterocycles. The Morgan fingerprint density at radius 3 is 0.750 bits per heavy atom. The van der Waals surface area contributed by atoms with Gasteiger partial charge < -0.3 is 0 Å². The lowest BCUT2D eigenvalue weighted by molar-refractivity contribution is 0.535. The van der Waals surface area contributed by atoms with E-state index in [0.29, 0.717) is 0 Å². The van der Waals surface area contributed by atoms with Gasteiger partial charge in [-0.1, -0.05) is 116 Å². The molecular weight excluding hydrogens is 240 g/mol. The van der Waals surface area contributed by atoms with Crippen LogP contribution in [-0.2, 0) is 0 Å². The molecule has 1 saturated carbocycles. The zero-order valence-electron chi connectivity index (χ0n) is 13.9. The van der Waals surface area contributed by atoms with Crippen LogP contribution in [0.3, 0.4) is 0 Å². The van der Waals surface area contributed by atoms with Gasteiger partial charge in [0.05, 0.1) is 0 Å². The van der Waals surface area contributed by atoms with E-state index in [-0.39, 0.29) is 0 Å². The second-order valence-corrected chi connectivity index (χ2v) is 6.68. The van der Waals surface area contributed by atoms with Crippen molar-refractivity contribution in [1.29, 1.82) is 0 Å². The van der Waals surface area contributed by atoms with E-state index in [9.17, 15) is 0 Å². The molecule has 118 valence electrons. The Kier molecular flexibility index (Phi) is 13.9. The normalized spacial score (nSPS) is 24.0. The summed E-state index contributed by atoms with van der Waals surface area (Å²) in [4.78, 5) is 0. The summed E-state index contributed by atoms with van der Waals surface area (Å²) in [6, 6.07) is 0. The van der Waals surface area contributed by atoms with Crippen LogP contribution >= 0.6 is 0 Å². The Labute approximate surface area is 129 Å². The standard InChI is InChI=1S/C20H38/c1-2-4-6-8-10-12-14-16-18-20-19-17-15-13-11-9-7-5-3-1/h1,10H,2-9,11-20H2. The van der Waals surface area contributed by atoms with Gasteiger partial charge in [0.15, 0.2) is 0 Å². The van der Waals surface area contributed by atoms with Gasteiger partial charge in [-0.2, -0.15) is 0 Å². The predicted octanol–water partition coefficient (Wildman–Crippen LogP) is 7.43. The molecule has 1 aliphatic carbocycles. The topological polar surface area (TPSA) is 0 Å². The molecule has 0 spiro atoms. The Hall–Kier alpha value is 0. The number of rotatable bonds is 0. The molecule has 0 heteroatoms. The van der Waals surface area contributed by atoms with Crippen molar-refractivity contribution in [1.82, 2.24) is 0 Å². The third-order valence-corrected chi connectivity index (χ3v) is 4.63. The molecular formula is C20H38. The highest BCUT2D eigenvalue weighted by molar-refractivity contribution is 4.68. The lowest BCUT2D eigenvalue weighted by Crippen LogP contribution is -1.86. The molecule has 1 aliphatic rings. The number of hydrogen-bond acceptors (Lipinski definition) is 0. The summed E-state index contributed by atoms with van der Waals surface area (Å²) in [5.41, 5.74) is 0. The van der Waals surface area contributed by atoms with Crippen molar-refractivity contribution in [3.63, 3.8) is 0 Å². The summed E-state index contributed by atoms with van der Waals surface area (Å²) in [6.07, 6.45) is 31.0. The van der Waals surface area contributed by atoms with Crippen molar-refractivity contribution in [2.45, 2.75) is 116 Å². The van der Waals surface area contributed by atoms with Crippen LogP contribution in [0.4, 0.5) is 0 Å². The first-order chi connectivity index (χ1) is 10.0. The fourth-order valence-corrected chi connectivity index (χ4v) is 3.21. The van der Waals surface area contributed by atoms with Gasteiger partial charge in [-0.3, -0.25) is 0 Å². The highest BCUT2D eigenvalue weighted by atomic mass is 14.0. The van der Waals surface area contributed by atoms with Crippen molar-refractivity contribution in [3.8, 4) is 0 Å². The Balaban J connectivity index is 2.00. The second-order valence-electron chi connectivity index (χ2n) is 6.68. The van der Waals surface area contributed by atoms with E-state index < -0.39 is 0 Å². The molecule has 0 amide bonds. The van der Waals surface area contributed by atoms with Crippen LogP contribution < -0.4 is 0 Å². The van der Waals surface area contributed by atoms with Crippen molar-refractivity contribution in [2.24, 2.45) is 0 Å². The smallest absolute Gasteiger partial charge is 0.0386 e. The molecule has 0 aromatic carbocycles. The van der Waals surface area contributed by atoms with Gasteiger partial charge >= 0.3 is 0 Å². The van der Waals surface area contributed by atoms with Gasteiger partial charge in [-0.05, 0) is 12.8 Å². The average Bonchev–Trinajstić information content (AvgIpc) is 2.46. The quantitative estimate of drug-likeness (QED) is 0.432. The van der Waals surface area contributed by atoms with Crippen molar-refractivity contribution >= 4 is 0 Å². The van der Waals surface area contributed by atoms with Crippen molar-refractivity contribution < 1.29 is 0 Å². The van der Waals surface area contributed by atoms with Gasteiger partial charge in [-0.25, -0.2) is 0 Å². The van der Waals surface area contributed by atoms with E-state index in [1.807, 2.05) is 0 Å². The Morgan fingerprint density at radius 1 is 0.250 bits per heavy atom. The molecule has 0 atom stereocenters. The van der Waals surface area contributed by atoms with E-state index in [2.05, 4.69) is 12.8 Å². The molecule has 0 unspecified atom stereocenters. The molecule has 20 heavy (non-hydrogen) atoms. The van der Waals surface area contributed by atoms with Crippen molar-refractivity contribution in [2.75, 3.05) is 0 Å². The van der Waals surface area contributed by atoms with Gasteiger partial charge in [0.25, 0.3) is 0 Å².